The number of carbonyl (C=O) groups is 1. The zero-order valence-corrected chi connectivity index (χ0v) is 10.4. The Hall–Kier alpha value is -1.56. The highest BCUT2D eigenvalue weighted by Gasteiger charge is 2.32. The highest BCUT2D eigenvalue weighted by molar-refractivity contribution is 5.97. The summed E-state index contributed by atoms with van der Waals surface area (Å²) in [5.41, 5.74) is 6.19. The molecule has 0 bridgehead atoms. The minimum absolute atomic E-state index is 0.125. The molecule has 0 saturated carbocycles. The molecule has 1 aliphatic heterocycles. The predicted molar refractivity (Wildman–Crippen MR) is 63.6 cm³/mol. The number of carbonyl (C=O) groups excluding carboxylic acids is 1. The van der Waals surface area contributed by atoms with Gasteiger partial charge in [0.15, 0.2) is 5.69 Å². The number of morpholine rings is 1. The molecule has 1 aromatic rings. The summed E-state index contributed by atoms with van der Waals surface area (Å²) in [6, 6.07) is 0. The zero-order valence-electron chi connectivity index (χ0n) is 10.4. The van der Waals surface area contributed by atoms with Crippen LogP contribution in [0.25, 0.3) is 0 Å². The normalized spacial score (nSPS) is 19.4. The average Bonchev–Trinajstić information content (AvgIpc) is 2.55. The summed E-state index contributed by atoms with van der Waals surface area (Å²) >= 11 is 0. The summed E-state index contributed by atoms with van der Waals surface area (Å²) in [6.45, 7) is 5.62. The van der Waals surface area contributed by atoms with Gasteiger partial charge < -0.3 is 15.4 Å². The minimum atomic E-state index is -0.308. The van der Waals surface area contributed by atoms with E-state index in [2.05, 4.69) is 5.10 Å². The summed E-state index contributed by atoms with van der Waals surface area (Å²) in [4.78, 5) is 14.0. The monoisotopic (exact) mass is 238 g/mol. The van der Waals surface area contributed by atoms with Gasteiger partial charge in [-0.3, -0.25) is 9.48 Å². The van der Waals surface area contributed by atoms with E-state index in [9.17, 15) is 4.79 Å². The molecule has 0 atom stereocenters. The third kappa shape index (κ3) is 2.41. The van der Waals surface area contributed by atoms with Crippen LogP contribution in [0.3, 0.4) is 0 Å². The first kappa shape index (κ1) is 11.9. The van der Waals surface area contributed by atoms with E-state index in [-0.39, 0.29) is 11.5 Å². The van der Waals surface area contributed by atoms with Gasteiger partial charge in [-0.25, -0.2) is 0 Å². The van der Waals surface area contributed by atoms with Crippen molar-refractivity contribution in [2.75, 3.05) is 25.4 Å². The quantitative estimate of drug-likeness (QED) is 0.761. The van der Waals surface area contributed by atoms with Gasteiger partial charge in [-0.15, -0.1) is 0 Å². The van der Waals surface area contributed by atoms with Crippen LogP contribution in [-0.4, -0.2) is 45.9 Å². The molecule has 1 fully saturated rings. The molecule has 0 aromatic carbocycles. The second-order valence-corrected chi connectivity index (χ2v) is 4.94. The van der Waals surface area contributed by atoms with Crippen molar-refractivity contribution in [3.05, 3.63) is 11.9 Å². The molecule has 0 aliphatic carbocycles. The number of aromatic nitrogens is 2. The summed E-state index contributed by atoms with van der Waals surface area (Å²) in [5.74, 6) is -0.125. The molecule has 1 saturated heterocycles. The Bertz CT molecular complexity index is 439. The van der Waals surface area contributed by atoms with E-state index in [4.69, 9.17) is 10.5 Å². The van der Waals surface area contributed by atoms with Gasteiger partial charge in [0, 0.05) is 26.3 Å². The lowest BCUT2D eigenvalue weighted by Gasteiger charge is -2.37. The van der Waals surface area contributed by atoms with Crippen LogP contribution in [0.2, 0.25) is 0 Å². The van der Waals surface area contributed by atoms with Crippen LogP contribution in [-0.2, 0) is 11.8 Å². The van der Waals surface area contributed by atoms with Crippen molar-refractivity contribution >= 4 is 11.6 Å². The number of nitrogen functional groups attached to an aromatic ring is 1. The third-order valence-corrected chi connectivity index (χ3v) is 2.77. The smallest absolute Gasteiger partial charge is 0.276 e. The molecule has 6 nitrogen and oxygen atoms in total. The van der Waals surface area contributed by atoms with E-state index in [0.717, 1.165) is 0 Å². The maximum absolute atomic E-state index is 12.2. The average molecular weight is 238 g/mol. The Labute approximate surface area is 100 Å². The first-order chi connectivity index (χ1) is 7.89. The minimum Gasteiger partial charge on any atom is -0.396 e. The van der Waals surface area contributed by atoms with Crippen LogP contribution >= 0.6 is 0 Å². The molecular weight excluding hydrogens is 220 g/mol. The van der Waals surface area contributed by atoms with Crippen molar-refractivity contribution in [1.29, 1.82) is 0 Å². The van der Waals surface area contributed by atoms with E-state index >= 15 is 0 Å². The number of anilines is 1. The fourth-order valence-electron chi connectivity index (χ4n) is 2.01. The third-order valence-electron chi connectivity index (χ3n) is 2.77. The van der Waals surface area contributed by atoms with Crippen LogP contribution in [0.4, 0.5) is 5.69 Å². The second kappa shape index (κ2) is 4.03. The molecule has 1 aliphatic rings. The van der Waals surface area contributed by atoms with Crippen LogP contribution in [0, 0.1) is 0 Å². The van der Waals surface area contributed by atoms with E-state index in [1.807, 2.05) is 13.8 Å². The van der Waals surface area contributed by atoms with Crippen molar-refractivity contribution in [3.8, 4) is 0 Å². The number of hydrogen-bond donors (Lipinski definition) is 1. The van der Waals surface area contributed by atoms with Crippen molar-refractivity contribution in [3.63, 3.8) is 0 Å². The number of hydrogen-bond acceptors (Lipinski definition) is 4. The molecule has 94 valence electrons. The number of nitrogens with two attached hydrogens (primary N) is 1. The van der Waals surface area contributed by atoms with Gasteiger partial charge in [-0.05, 0) is 13.8 Å². The van der Waals surface area contributed by atoms with Crippen LogP contribution in [0.15, 0.2) is 6.20 Å². The summed E-state index contributed by atoms with van der Waals surface area (Å²) in [6.07, 6.45) is 1.64. The first-order valence-electron chi connectivity index (χ1n) is 5.61. The number of ether oxygens (including phenoxy) is 1. The Morgan fingerprint density at radius 3 is 2.82 bits per heavy atom. The fraction of sp³-hybridized carbons (Fsp3) is 0.636. The van der Waals surface area contributed by atoms with E-state index < -0.39 is 0 Å². The van der Waals surface area contributed by atoms with Gasteiger partial charge in [0.05, 0.1) is 17.9 Å². The predicted octanol–water partition coefficient (Wildman–Crippen LogP) is 0.253. The molecule has 6 heteroatoms. The van der Waals surface area contributed by atoms with E-state index in [1.165, 1.54) is 0 Å². The molecule has 2 heterocycles. The standard InChI is InChI=1S/C11H18N4O2/c1-11(2)7-15(4-5-17-11)10(16)9-8(12)6-14(3)13-9/h6H,4-5,7,12H2,1-3H3. The molecule has 0 radical (unpaired) electrons. The maximum atomic E-state index is 12.2. The van der Waals surface area contributed by atoms with Gasteiger partial charge in [0.1, 0.15) is 0 Å². The number of rotatable bonds is 1. The lowest BCUT2D eigenvalue weighted by molar-refractivity contribution is -0.0765. The summed E-state index contributed by atoms with van der Waals surface area (Å²) in [5, 5.41) is 4.09. The fourth-order valence-corrected chi connectivity index (χ4v) is 2.01. The van der Waals surface area contributed by atoms with Gasteiger partial charge in [0.25, 0.3) is 5.91 Å². The van der Waals surface area contributed by atoms with Crippen molar-refractivity contribution < 1.29 is 9.53 Å². The topological polar surface area (TPSA) is 73.4 Å². The van der Waals surface area contributed by atoms with E-state index in [0.29, 0.717) is 31.1 Å². The van der Waals surface area contributed by atoms with Crippen molar-refractivity contribution in [2.45, 2.75) is 19.4 Å². The van der Waals surface area contributed by atoms with Gasteiger partial charge in [-0.1, -0.05) is 0 Å². The molecule has 1 aromatic heterocycles. The molecule has 0 spiro atoms. The number of nitrogens with zero attached hydrogens (tertiary/aromatic N) is 3. The molecule has 17 heavy (non-hydrogen) atoms. The highest BCUT2D eigenvalue weighted by atomic mass is 16.5. The van der Waals surface area contributed by atoms with Gasteiger partial charge in [-0.2, -0.15) is 5.10 Å². The second-order valence-electron chi connectivity index (χ2n) is 4.94. The largest absolute Gasteiger partial charge is 0.396 e. The van der Waals surface area contributed by atoms with E-state index in [1.54, 1.807) is 22.8 Å². The maximum Gasteiger partial charge on any atom is 0.276 e. The van der Waals surface area contributed by atoms with Crippen LogP contribution < -0.4 is 5.73 Å². The Balaban J connectivity index is 2.18. The molecule has 1 amide bonds. The SMILES string of the molecule is Cn1cc(N)c(C(=O)N2CCOC(C)(C)C2)n1. The first-order valence-corrected chi connectivity index (χ1v) is 5.61. The molecule has 0 unspecified atom stereocenters. The van der Waals surface area contributed by atoms with Crippen molar-refractivity contribution in [2.24, 2.45) is 7.05 Å². The van der Waals surface area contributed by atoms with Gasteiger partial charge in [0.2, 0.25) is 0 Å². The number of amides is 1. The Morgan fingerprint density at radius 1 is 1.59 bits per heavy atom. The summed E-state index contributed by atoms with van der Waals surface area (Å²) in [7, 11) is 1.75. The van der Waals surface area contributed by atoms with Gasteiger partial charge >= 0.3 is 0 Å². The lowest BCUT2D eigenvalue weighted by Crippen LogP contribution is -2.50. The molecule has 2 N–H and O–H groups in total. The van der Waals surface area contributed by atoms with Crippen molar-refractivity contribution in [1.82, 2.24) is 14.7 Å². The zero-order chi connectivity index (χ0) is 12.6. The molecular formula is C11H18N4O2. The summed E-state index contributed by atoms with van der Waals surface area (Å²) < 4.78 is 7.12. The Kier molecular flexibility index (Phi) is 2.82. The molecule has 2 rings (SSSR count). The van der Waals surface area contributed by atoms with Crippen LogP contribution in [0.1, 0.15) is 24.3 Å². The van der Waals surface area contributed by atoms with Crippen LogP contribution in [0.5, 0.6) is 0 Å². The lowest BCUT2D eigenvalue weighted by atomic mass is 10.1. The Morgan fingerprint density at radius 2 is 2.29 bits per heavy atom. The number of aryl methyl sites for hydroxylation is 1. The highest BCUT2D eigenvalue weighted by Crippen LogP contribution is 2.19.